The molecule has 0 bridgehead atoms. The summed E-state index contributed by atoms with van der Waals surface area (Å²) in [7, 11) is 1.62. The van der Waals surface area contributed by atoms with Crippen LogP contribution in [0.2, 0.25) is 0 Å². The molecule has 1 aromatic rings. The van der Waals surface area contributed by atoms with Gasteiger partial charge in [-0.25, -0.2) is 0 Å². The topological polar surface area (TPSA) is 65.1 Å². The number of methoxy groups -OCH3 is 1. The van der Waals surface area contributed by atoms with Crippen LogP contribution >= 0.6 is 0 Å². The quantitative estimate of drug-likeness (QED) is 0.760. The zero-order chi connectivity index (χ0) is 18.1. The lowest BCUT2D eigenvalue weighted by atomic mass is 9.84. The first-order valence-corrected chi connectivity index (χ1v) is 9.42. The highest BCUT2D eigenvalue weighted by Crippen LogP contribution is 2.46. The number of rotatable bonds is 2. The second-order valence-corrected chi connectivity index (χ2v) is 7.41. The van der Waals surface area contributed by atoms with Crippen molar-refractivity contribution in [3.63, 3.8) is 0 Å². The van der Waals surface area contributed by atoms with Crippen molar-refractivity contribution in [2.24, 2.45) is 5.92 Å². The Bertz CT molecular complexity index is 710. The van der Waals surface area contributed by atoms with Gasteiger partial charge in [0.25, 0.3) is 0 Å². The summed E-state index contributed by atoms with van der Waals surface area (Å²) in [5.41, 5.74) is 0.368. The van der Waals surface area contributed by atoms with Crippen LogP contribution in [0.1, 0.15) is 44.1 Å². The number of amides is 1. The molecule has 6 heteroatoms. The van der Waals surface area contributed by atoms with E-state index in [-0.39, 0.29) is 24.2 Å². The lowest BCUT2D eigenvalue weighted by Crippen LogP contribution is -2.45. The van der Waals surface area contributed by atoms with Crippen LogP contribution in [0, 0.1) is 5.92 Å². The maximum absolute atomic E-state index is 13.4. The first-order valence-electron chi connectivity index (χ1n) is 9.42. The number of carbonyl (C=O) groups is 2. The average Bonchev–Trinajstić information content (AvgIpc) is 3.21. The smallest absolute Gasteiger partial charge is 0.307 e. The summed E-state index contributed by atoms with van der Waals surface area (Å²) in [6, 6.07) is 5.74. The Hall–Kier alpha value is -2.24. The third kappa shape index (κ3) is 2.91. The van der Waals surface area contributed by atoms with Crippen LogP contribution in [0.4, 0.5) is 0 Å². The monoisotopic (exact) mass is 359 g/mol. The molecule has 140 valence electrons. The molecular weight excluding hydrogens is 334 g/mol. The fraction of sp³-hybridized carbons (Fsp3) is 0.600. The van der Waals surface area contributed by atoms with Gasteiger partial charge in [0.15, 0.2) is 11.5 Å². The molecule has 26 heavy (non-hydrogen) atoms. The lowest BCUT2D eigenvalue weighted by molar-refractivity contribution is -0.152. The molecule has 2 fully saturated rings. The van der Waals surface area contributed by atoms with Gasteiger partial charge in [0.05, 0.1) is 26.1 Å². The Morgan fingerprint density at radius 1 is 1.27 bits per heavy atom. The molecule has 0 N–H and O–H groups in total. The Morgan fingerprint density at radius 3 is 2.85 bits per heavy atom. The standard InChI is InChI=1S/C20H25NO5/c1-24-16-7-4-6-14-13-21(10-5-11-25-18(14)16)19(23)15-12-17(22)26-20(15)8-2-3-9-20/h4,6-7,15H,2-3,5,8-13H2,1H3. The highest BCUT2D eigenvalue weighted by molar-refractivity contribution is 5.88. The van der Waals surface area contributed by atoms with E-state index in [1.165, 1.54) is 0 Å². The third-order valence-electron chi connectivity index (χ3n) is 5.84. The van der Waals surface area contributed by atoms with E-state index in [1.807, 2.05) is 23.1 Å². The number of carbonyl (C=O) groups excluding carboxylic acids is 2. The Balaban J connectivity index is 1.60. The molecule has 4 rings (SSSR count). The number of hydrogen-bond donors (Lipinski definition) is 0. The predicted octanol–water partition coefficient (Wildman–Crippen LogP) is 2.68. The molecule has 1 aromatic carbocycles. The minimum atomic E-state index is -0.565. The minimum Gasteiger partial charge on any atom is -0.493 e. The van der Waals surface area contributed by atoms with Crippen LogP contribution in [-0.2, 0) is 20.9 Å². The molecule has 3 aliphatic rings. The molecule has 1 saturated heterocycles. The molecule has 1 spiro atoms. The van der Waals surface area contributed by atoms with Gasteiger partial charge in [-0.3, -0.25) is 9.59 Å². The Labute approximate surface area is 153 Å². The van der Waals surface area contributed by atoms with Crippen molar-refractivity contribution >= 4 is 11.9 Å². The van der Waals surface area contributed by atoms with Crippen molar-refractivity contribution < 1.29 is 23.8 Å². The predicted molar refractivity (Wildman–Crippen MR) is 93.9 cm³/mol. The van der Waals surface area contributed by atoms with Crippen LogP contribution in [0.5, 0.6) is 11.5 Å². The van der Waals surface area contributed by atoms with E-state index in [4.69, 9.17) is 14.2 Å². The SMILES string of the molecule is COc1cccc2c1OCCCN(C(=O)C1CC(=O)OC13CCCC3)C2. The summed E-state index contributed by atoms with van der Waals surface area (Å²) in [4.78, 5) is 27.2. The molecule has 1 aliphatic carbocycles. The first kappa shape index (κ1) is 17.2. The van der Waals surface area contributed by atoms with Crippen LogP contribution in [-0.4, -0.2) is 42.6 Å². The van der Waals surface area contributed by atoms with Gasteiger partial charge in [-0.05, 0) is 38.2 Å². The van der Waals surface area contributed by atoms with Gasteiger partial charge >= 0.3 is 5.97 Å². The zero-order valence-electron chi connectivity index (χ0n) is 15.2. The van der Waals surface area contributed by atoms with Gasteiger partial charge < -0.3 is 19.1 Å². The number of hydrogen-bond acceptors (Lipinski definition) is 5. The lowest BCUT2D eigenvalue weighted by Gasteiger charge is -2.34. The third-order valence-corrected chi connectivity index (χ3v) is 5.84. The highest BCUT2D eigenvalue weighted by Gasteiger charge is 2.54. The fourth-order valence-electron chi connectivity index (χ4n) is 4.56. The van der Waals surface area contributed by atoms with Crippen molar-refractivity contribution in [1.29, 1.82) is 0 Å². The number of ether oxygens (including phenoxy) is 3. The van der Waals surface area contributed by atoms with Crippen LogP contribution < -0.4 is 9.47 Å². The summed E-state index contributed by atoms with van der Waals surface area (Å²) in [5.74, 6) is 0.841. The van der Waals surface area contributed by atoms with E-state index < -0.39 is 5.60 Å². The molecule has 1 unspecified atom stereocenters. The maximum atomic E-state index is 13.4. The fourth-order valence-corrected chi connectivity index (χ4v) is 4.56. The molecule has 1 atom stereocenters. The molecule has 2 aliphatic heterocycles. The molecule has 6 nitrogen and oxygen atoms in total. The van der Waals surface area contributed by atoms with E-state index in [0.29, 0.717) is 31.2 Å². The maximum Gasteiger partial charge on any atom is 0.307 e. The zero-order valence-corrected chi connectivity index (χ0v) is 15.2. The van der Waals surface area contributed by atoms with Crippen molar-refractivity contribution in [1.82, 2.24) is 4.90 Å². The van der Waals surface area contributed by atoms with Crippen LogP contribution in [0.25, 0.3) is 0 Å². The van der Waals surface area contributed by atoms with Gasteiger partial charge in [0.2, 0.25) is 5.91 Å². The Morgan fingerprint density at radius 2 is 2.08 bits per heavy atom. The van der Waals surface area contributed by atoms with E-state index in [2.05, 4.69) is 0 Å². The molecule has 0 radical (unpaired) electrons. The van der Waals surface area contributed by atoms with E-state index in [9.17, 15) is 9.59 Å². The summed E-state index contributed by atoms with van der Waals surface area (Å²) < 4.78 is 16.9. The molecule has 2 heterocycles. The number of nitrogens with zero attached hydrogens (tertiary/aromatic N) is 1. The van der Waals surface area contributed by atoms with Gasteiger partial charge in [-0.2, -0.15) is 0 Å². The number of fused-ring (bicyclic) bond motifs is 1. The highest BCUT2D eigenvalue weighted by atomic mass is 16.6. The van der Waals surface area contributed by atoms with Crippen molar-refractivity contribution in [2.75, 3.05) is 20.3 Å². The largest absolute Gasteiger partial charge is 0.493 e. The summed E-state index contributed by atoms with van der Waals surface area (Å²) in [6.07, 6.45) is 4.59. The number of para-hydroxylation sites is 1. The minimum absolute atomic E-state index is 0.0356. The molecule has 0 aromatic heterocycles. The van der Waals surface area contributed by atoms with Crippen LogP contribution in [0.3, 0.4) is 0 Å². The van der Waals surface area contributed by atoms with E-state index in [1.54, 1.807) is 7.11 Å². The summed E-state index contributed by atoms with van der Waals surface area (Å²) in [5, 5.41) is 0. The van der Waals surface area contributed by atoms with Gasteiger partial charge in [0.1, 0.15) is 5.60 Å². The number of esters is 1. The Kier molecular flexibility index (Phi) is 4.51. The molecule has 1 amide bonds. The van der Waals surface area contributed by atoms with Gasteiger partial charge in [-0.15, -0.1) is 0 Å². The second-order valence-electron chi connectivity index (χ2n) is 7.41. The van der Waals surface area contributed by atoms with E-state index in [0.717, 1.165) is 37.7 Å². The van der Waals surface area contributed by atoms with Crippen molar-refractivity contribution in [2.45, 2.75) is 50.7 Å². The van der Waals surface area contributed by atoms with E-state index >= 15 is 0 Å². The normalized spacial score (nSPS) is 24.4. The summed E-state index contributed by atoms with van der Waals surface area (Å²) >= 11 is 0. The average molecular weight is 359 g/mol. The van der Waals surface area contributed by atoms with Gasteiger partial charge in [0, 0.05) is 18.7 Å². The number of benzene rings is 1. The van der Waals surface area contributed by atoms with Crippen molar-refractivity contribution in [3.8, 4) is 11.5 Å². The molecule has 1 saturated carbocycles. The second kappa shape index (κ2) is 6.82. The van der Waals surface area contributed by atoms with Crippen LogP contribution in [0.15, 0.2) is 18.2 Å². The first-order chi connectivity index (χ1) is 12.6. The van der Waals surface area contributed by atoms with Gasteiger partial charge in [-0.1, -0.05) is 12.1 Å². The van der Waals surface area contributed by atoms with Crippen molar-refractivity contribution in [3.05, 3.63) is 23.8 Å². The summed E-state index contributed by atoms with van der Waals surface area (Å²) in [6.45, 7) is 1.62. The molecular formula is C20H25NO5.